The van der Waals surface area contributed by atoms with Gasteiger partial charge >= 0.3 is 7.82 Å². The van der Waals surface area contributed by atoms with Crippen LogP contribution in [0.15, 0.2) is 15.5 Å². The number of nitrogens with zero attached hydrogens (tertiary/aromatic N) is 3. The fourth-order valence-electron chi connectivity index (χ4n) is 3.30. The second-order valence-electron chi connectivity index (χ2n) is 7.42. The van der Waals surface area contributed by atoms with Crippen molar-refractivity contribution < 1.29 is 18.4 Å². The zero-order valence-corrected chi connectivity index (χ0v) is 25.5. The van der Waals surface area contributed by atoms with E-state index >= 15 is 0 Å². The Morgan fingerprint density at radius 1 is 0.625 bits per heavy atom. The monoisotopic (exact) mass is 581 g/mol. The average molecular weight is 582 g/mol. The summed E-state index contributed by atoms with van der Waals surface area (Å²) in [5.74, 6) is 6.25. The Hall–Kier alpha value is 0.740. The minimum absolute atomic E-state index is 0.926. The van der Waals surface area contributed by atoms with E-state index in [4.69, 9.17) is 13.9 Å². The van der Waals surface area contributed by atoms with E-state index in [0.29, 0.717) is 0 Å². The molecule has 0 aromatic carbocycles. The van der Waals surface area contributed by atoms with Crippen LogP contribution in [0.4, 0.5) is 0 Å². The maximum atomic E-state index is 13.5. The summed E-state index contributed by atoms with van der Waals surface area (Å²) in [6, 6.07) is 0. The van der Waals surface area contributed by atoms with Crippen molar-refractivity contribution in [3.63, 3.8) is 0 Å². The molecule has 188 valence electrons. The average Bonchev–Trinajstić information content (AvgIpc) is 2.75. The first kappa shape index (κ1) is 27.3. The summed E-state index contributed by atoms with van der Waals surface area (Å²) in [4.78, 5) is 0. The third kappa shape index (κ3) is 5.14. The van der Waals surface area contributed by atoms with Crippen LogP contribution in [0.1, 0.15) is 41.5 Å². The van der Waals surface area contributed by atoms with Gasteiger partial charge in [0.2, 0.25) is 0 Å². The number of hydrogen-bond donors (Lipinski definition) is 0. The molecule has 3 fully saturated rings. The summed E-state index contributed by atoms with van der Waals surface area (Å²) in [6.07, 6.45) is 0. The van der Waals surface area contributed by atoms with Crippen molar-refractivity contribution in [3.8, 4) is 0 Å². The zero-order valence-electron chi connectivity index (χ0n) is 19.7. The van der Waals surface area contributed by atoms with Crippen molar-refractivity contribution in [1.29, 1.82) is 0 Å². The Labute approximate surface area is 210 Å². The first-order valence-electron chi connectivity index (χ1n) is 10.9. The summed E-state index contributed by atoms with van der Waals surface area (Å²) in [5.41, 5.74) is 0. The van der Waals surface area contributed by atoms with Crippen molar-refractivity contribution in [1.82, 2.24) is 0 Å². The quantitative estimate of drug-likeness (QED) is 0.173. The van der Waals surface area contributed by atoms with Crippen LogP contribution < -0.4 is 0 Å². The number of thioether (sulfide) groups is 3. The van der Waals surface area contributed by atoms with Gasteiger partial charge in [-0.2, -0.15) is 34.6 Å². The molecular weight excluding hydrogens is 546 g/mol. The Morgan fingerprint density at radius 3 is 1.03 bits per heavy atom. The van der Waals surface area contributed by atoms with Gasteiger partial charge in [-0.1, -0.05) is 92.3 Å². The highest BCUT2D eigenvalue weighted by molar-refractivity contribution is 8.70. The van der Waals surface area contributed by atoms with Crippen molar-refractivity contribution in [2.75, 3.05) is 49.8 Å². The molecule has 32 heavy (non-hydrogen) atoms. The molecule has 3 heterocycles. The van der Waals surface area contributed by atoms with Crippen LogP contribution >= 0.6 is 73.2 Å². The highest BCUT2D eigenvalue weighted by Crippen LogP contribution is 2.67. The molecule has 3 aliphatic rings. The van der Waals surface area contributed by atoms with E-state index in [1.807, 2.05) is 0 Å². The molecule has 3 saturated heterocycles. The highest BCUT2D eigenvalue weighted by Gasteiger charge is 2.44. The lowest BCUT2D eigenvalue weighted by atomic mass is 11.0. The van der Waals surface area contributed by atoms with E-state index in [1.54, 1.807) is 35.3 Å². The molecule has 0 radical (unpaired) electrons. The third-order valence-electron chi connectivity index (χ3n) is 6.30. The predicted octanol–water partition coefficient (Wildman–Crippen LogP) is 7.60. The number of phosphoric acid groups is 1. The van der Waals surface area contributed by atoms with Crippen LogP contribution in [0.2, 0.25) is 0 Å². The number of rotatable bonds is 12. The van der Waals surface area contributed by atoms with Crippen LogP contribution in [0.3, 0.4) is 0 Å². The van der Waals surface area contributed by atoms with Crippen molar-refractivity contribution >= 4 is 86.3 Å². The number of hydrogen-bond acceptors (Lipinski definition) is 10. The minimum atomic E-state index is -4.11. The van der Waals surface area contributed by atoms with Gasteiger partial charge in [0.15, 0.2) is 13.1 Å². The van der Waals surface area contributed by atoms with E-state index in [1.165, 1.54) is 0 Å². The van der Waals surface area contributed by atoms with Gasteiger partial charge in [0.25, 0.3) is 0 Å². The van der Waals surface area contributed by atoms with Crippen LogP contribution in [-0.4, -0.2) is 62.9 Å². The fourth-order valence-corrected chi connectivity index (χ4v) is 20.6. The van der Waals surface area contributed by atoms with Crippen molar-refractivity contribution in [2.45, 2.75) is 41.5 Å². The molecule has 7 nitrogen and oxygen atoms in total. The summed E-state index contributed by atoms with van der Waals surface area (Å²) >= 11 is 4.96. The maximum absolute atomic E-state index is 13.5. The standard InChI is InChI=1S/C18H36N3O4PS6/c1-7-30(8-2)13-27-16(30)19-23-26(22,24-20-17-28-14-31(17,9-3)10-4)25-21-18-29-15-32(18,11-5)12-6/h7-15H2,1-6H3/b19-16+,20-17+,21-18+. The lowest BCUT2D eigenvalue weighted by Crippen LogP contribution is -2.27. The Bertz CT molecular complexity index is 706. The van der Waals surface area contributed by atoms with Gasteiger partial charge in [0.05, 0.1) is 0 Å². The van der Waals surface area contributed by atoms with Crippen LogP contribution in [0.5, 0.6) is 0 Å². The lowest BCUT2D eigenvalue weighted by Gasteiger charge is -2.46. The summed E-state index contributed by atoms with van der Waals surface area (Å²) in [7, 11) is -6.97. The lowest BCUT2D eigenvalue weighted by molar-refractivity contribution is 0.124. The second kappa shape index (κ2) is 11.2. The Balaban J connectivity index is 1.80. The van der Waals surface area contributed by atoms with E-state index in [-0.39, 0.29) is 0 Å². The van der Waals surface area contributed by atoms with Crippen LogP contribution in [0.25, 0.3) is 0 Å². The van der Waals surface area contributed by atoms with E-state index < -0.39 is 37.9 Å². The molecule has 0 unspecified atom stereocenters. The first-order valence-corrected chi connectivity index (χ1v) is 21.7. The molecule has 14 heteroatoms. The van der Waals surface area contributed by atoms with Gasteiger partial charge in [-0.3, -0.25) is 13.9 Å². The molecule has 0 aromatic heterocycles. The van der Waals surface area contributed by atoms with Gasteiger partial charge in [0.1, 0.15) is 0 Å². The molecule has 3 rings (SSSR count). The maximum Gasteiger partial charge on any atom is 0.710 e. The van der Waals surface area contributed by atoms with Crippen LogP contribution in [-0.2, 0) is 18.4 Å². The summed E-state index contributed by atoms with van der Waals surface area (Å²) < 4.78 is 32.8. The molecule has 0 aliphatic carbocycles. The molecular formula is C18H36N3O4PS6. The van der Waals surface area contributed by atoms with Gasteiger partial charge in [-0.25, -0.2) is 0 Å². The largest absolute Gasteiger partial charge is 0.710 e. The molecule has 0 amide bonds. The molecule has 0 atom stereocenters. The van der Waals surface area contributed by atoms with Crippen molar-refractivity contribution in [2.24, 2.45) is 15.5 Å². The van der Waals surface area contributed by atoms with Gasteiger partial charge in [-0.05, 0) is 34.5 Å². The SMILES string of the molecule is CCS1(CC)CS/C1=N\OP(=O)(O/N=C1\SCS1(CC)CC)O/N=C1\SCS1(CC)CC. The van der Waals surface area contributed by atoms with Crippen LogP contribution in [0, 0.1) is 0 Å². The van der Waals surface area contributed by atoms with E-state index in [9.17, 15) is 4.57 Å². The zero-order chi connectivity index (χ0) is 23.5. The normalized spacial score (nSPS) is 29.9. The van der Waals surface area contributed by atoms with Gasteiger partial charge in [-0.15, -0.1) is 0 Å². The van der Waals surface area contributed by atoms with Crippen molar-refractivity contribution in [3.05, 3.63) is 0 Å². The third-order valence-corrected chi connectivity index (χ3v) is 28.3. The fraction of sp³-hybridized carbons (Fsp3) is 0.833. The van der Waals surface area contributed by atoms with Gasteiger partial charge in [0, 0.05) is 15.3 Å². The highest BCUT2D eigenvalue weighted by atomic mass is 32.3. The first-order chi connectivity index (χ1) is 15.3. The Morgan fingerprint density at radius 2 is 0.875 bits per heavy atom. The van der Waals surface area contributed by atoms with E-state index in [0.717, 1.165) is 62.9 Å². The predicted molar refractivity (Wildman–Crippen MR) is 157 cm³/mol. The van der Waals surface area contributed by atoms with Gasteiger partial charge < -0.3 is 0 Å². The number of oxime groups is 3. The molecule has 0 saturated carbocycles. The topological polar surface area (TPSA) is 81.8 Å². The molecule has 0 N–H and O–H groups in total. The summed E-state index contributed by atoms with van der Waals surface area (Å²) in [6.45, 7) is 13.1. The molecule has 0 spiro atoms. The smallest absolute Gasteiger partial charge is 0.270 e. The molecule has 0 aromatic rings. The second-order valence-corrected chi connectivity index (χ2v) is 25.3. The van der Waals surface area contributed by atoms with E-state index in [2.05, 4.69) is 57.0 Å². The summed E-state index contributed by atoms with van der Waals surface area (Å²) in [5, 5.41) is 16.0. The molecule has 0 bridgehead atoms. The minimum Gasteiger partial charge on any atom is -0.270 e. The Kier molecular flexibility index (Phi) is 9.57. The molecule has 3 aliphatic heterocycles.